The van der Waals surface area contributed by atoms with Crippen LogP contribution >= 0.6 is 0 Å². The molecule has 172 valence electrons. The first-order chi connectivity index (χ1) is 16.5. The molecule has 1 atom stereocenters. The number of nitriles is 1. The Morgan fingerprint density at radius 3 is 2.59 bits per heavy atom. The zero-order valence-electron chi connectivity index (χ0n) is 19.8. The van der Waals surface area contributed by atoms with E-state index in [-0.39, 0.29) is 11.8 Å². The van der Waals surface area contributed by atoms with Crippen molar-refractivity contribution in [2.24, 2.45) is 0 Å². The minimum Gasteiger partial charge on any atom is -0.511 e. The minimum absolute atomic E-state index is 0.152. The molecule has 0 saturated carbocycles. The van der Waals surface area contributed by atoms with Gasteiger partial charge in [0.2, 0.25) is 0 Å². The van der Waals surface area contributed by atoms with Gasteiger partial charge in [-0.25, -0.2) is 0 Å². The first-order valence-electron chi connectivity index (χ1n) is 11.5. The van der Waals surface area contributed by atoms with Crippen LogP contribution in [0.3, 0.4) is 0 Å². The van der Waals surface area contributed by atoms with Crippen molar-refractivity contribution in [1.82, 2.24) is 4.90 Å². The molecule has 0 spiro atoms. The van der Waals surface area contributed by atoms with Gasteiger partial charge in [0.1, 0.15) is 11.8 Å². The van der Waals surface area contributed by atoms with Crippen molar-refractivity contribution in [2.45, 2.75) is 26.4 Å². The number of rotatable bonds is 6. The van der Waals surface area contributed by atoms with Gasteiger partial charge in [0.05, 0.1) is 24.8 Å². The third kappa shape index (κ3) is 5.12. The van der Waals surface area contributed by atoms with Crippen LogP contribution in [0.25, 0.3) is 23.3 Å². The predicted molar refractivity (Wildman–Crippen MR) is 138 cm³/mol. The van der Waals surface area contributed by atoms with E-state index in [9.17, 15) is 10.4 Å². The van der Waals surface area contributed by atoms with Crippen molar-refractivity contribution in [3.63, 3.8) is 0 Å². The van der Waals surface area contributed by atoms with Crippen molar-refractivity contribution in [1.29, 1.82) is 5.26 Å². The number of aliphatic hydroxyl groups excluding tert-OH is 1. The third-order valence-corrected chi connectivity index (χ3v) is 6.46. The van der Waals surface area contributed by atoms with Crippen LogP contribution in [0.4, 0.5) is 0 Å². The maximum absolute atomic E-state index is 9.96. The average Bonchev–Trinajstić information content (AvgIpc) is 2.85. The van der Waals surface area contributed by atoms with Gasteiger partial charge in [0.25, 0.3) is 0 Å². The Morgan fingerprint density at radius 1 is 1.09 bits per heavy atom. The Bertz CT molecular complexity index is 1250. The number of hydrogen-bond acceptors (Lipinski definition) is 4. The van der Waals surface area contributed by atoms with Crippen LogP contribution in [-0.2, 0) is 11.3 Å². The Hall–Kier alpha value is -3.65. The molecule has 1 aliphatic rings. The molecule has 0 amide bonds. The second-order valence-corrected chi connectivity index (χ2v) is 8.77. The fourth-order valence-corrected chi connectivity index (χ4v) is 4.47. The molecular weight excluding hydrogens is 420 g/mol. The Labute approximate surface area is 202 Å². The van der Waals surface area contributed by atoms with Crippen LogP contribution in [0.2, 0.25) is 0 Å². The molecule has 4 heteroatoms. The zero-order valence-corrected chi connectivity index (χ0v) is 19.8. The summed E-state index contributed by atoms with van der Waals surface area (Å²) in [7, 11) is 0. The van der Waals surface area contributed by atoms with Gasteiger partial charge in [0, 0.05) is 18.7 Å². The second kappa shape index (κ2) is 10.5. The van der Waals surface area contributed by atoms with E-state index in [4.69, 9.17) is 4.74 Å². The fraction of sp³-hybridized carbons (Fsp3) is 0.233. The summed E-state index contributed by atoms with van der Waals surface area (Å²) in [5.41, 5.74) is 8.28. The van der Waals surface area contributed by atoms with E-state index < -0.39 is 0 Å². The number of aryl methyl sites for hydroxylation is 2. The molecule has 0 bridgehead atoms. The van der Waals surface area contributed by atoms with Crippen LogP contribution in [0.5, 0.6) is 0 Å². The molecule has 0 aliphatic carbocycles. The number of benzene rings is 3. The standard InChI is InChI=1S/C30H30N2O2/c1-21-17-27(19-32-14-15-34-20-30(32)23(3)33)22(2)16-26(21)13-12-25-10-7-11-28(29(25)18-31)24-8-5-4-6-9-24/h4-13,16-17,30,33H,3,14-15,19-20H2,1-2H3/b13-12+/t30-/m0/s1. The Kier molecular flexibility index (Phi) is 7.27. The molecule has 1 N–H and O–H groups in total. The monoisotopic (exact) mass is 450 g/mol. The van der Waals surface area contributed by atoms with E-state index in [2.05, 4.69) is 49.6 Å². The van der Waals surface area contributed by atoms with E-state index in [0.717, 1.165) is 35.3 Å². The fourth-order valence-electron chi connectivity index (χ4n) is 4.47. The zero-order chi connectivity index (χ0) is 24.1. The van der Waals surface area contributed by atoms with Crippen LogP contribution in [0, 0.1) is 25.2 Å². The highest BCUT2D eigenvalue weighted by Gasteiger charge is 2.25. The smallest absolute Gasteiger partial charge is 0.105 e. The quantitative estimate of drug-likeness (QED) is 0.354. The van der Waals surface area contributed by atoms with Gasteiger partial charge in [-0.2, -0.15) is 5.26 Å². The van der Waals surface area contributed by atoms with Gasteiger partial charge < -0.3 is 9.84 Å². The molecule has 1 saturated heterocycles. The van der Waals surface area contributed by atoms with Gasteiger partial charge in [-0.15, -0.1) is 0 Å². The molecule has 4 rings (SSSR count). The summed E-state index contributed by atoms with van der Waals surface area (Å²) in [4.78, 5) is 2.22. The number of morpholine rings is 1. The largest absolute Gasteiger partial charge is 0.511 e. The van der Waals surface area contributed by atoms with Gasteiger partial charge in [-0.1, -0.05) is 79.4 Å². The number of hydrogen-bond donors (Lipinski definition) is 1. The SMILES string of the molecule is C=C(O)[C@@H]1COCCN1Cc1cc(C)c(/C=C/c2cccc(-c3ccccc3)c2C#N)cc1C. The number of nitrogens with zero attached hydrogens (tertiary/aromatic N) is 2. The molecule has 1 heterocycles. The normalized spacial score (nSPS) is 16.4. The maximum Gasteiger partial charge on any atom is 0.105 e. The van der Waals surface area contributed by atoms with Crippen LogP contribution in [0.15, 0.2) is 73.0 Å². The average molecular weight is 451 g/mol. The molecule has 3 aromatic rings. The molecule has 3 aromatic carbocycles. The van der Waals surface area contributed by atoms with E-state index in [1.165, 1.54) is 16.7 Å². The number of aliphatic hydroxyl groups is 1. The van der Waals surface area contributed by atoms with Gasteiger partial charge in [-0.3, -0.25) is 4.90 Å². The van der Waals surface area contributed by atoms with Crippen LogP contribution in [0.1, 0.15) is 33.4 Å². The summed E-state index contributed by atoms with van der Waals surface area (Å²) in [6, 6.07) is 22.6. The lowest BCUT2D eigenvalue weighted by Crippen LogP contribution is -2.45. The maximum atomic E-state index is 9.96. The summed E-state index contributed by atoms with van der Waals surface area (Å²) in [5.74, 6) is 0.152. The highest BCUT2D eigenvalue weighted by atomic mass is 16.5. The third-order valence-electron chi connectivity index (χ3n) is 6.46. The van der Waals surface area contributed by atoms with E-state index in [0.29, 0.717) is 18.8 Å². The number of ether oxygens (including phenoxy) is 1. The van der Waals surface area contributed by atoms with Gasteiger partial charge in [-0.05, 0) is 47.2 Å². The summed E-state index contributed by atoms with van der Waals surface area (Å²) >= 11 is 0. The van der Waals surface area contributed by atoms with E-state index in [1.54, 1.807) is 0 Å². The molecule has 0 unspecified atom stereocenters. The van der Waals surface area contributed by atoms with Gasteiger partial charge >= 0.3 is 0 Å². The van der Waals surface area contributed by atoms with Crippen molar-refractivity contribution in [3.8, 4) is 17.2 Å². The summed E-state index contributed by atoms with van der Waals surface area (Å²) in [6.45, 7) is 10.6. The van der Waals surface area contributed by atoms with Crippen LogP contribution < -0.4 is 0 Å². The second-order valence-electron chi connectivity index (χ2n) is 8.77. The lowest BCUT2D eigenvalue weighted by atomic mass is 9.94. The van der Waals surface area contributed by atoms with Crippen LogP contribution in [-0.4, -0.2) is 35.8 Å². The molecule has 0 radical (unpaired) electrons. The lowest BCUT2D eigenvalue weighted by Gasteiger charge is -2.35. The molecule has 1 fully saturated rings. The summed E-state index contributed by atoms with van der Waals surface area (Å²) in [6.07, 6.45) is 4.12. The highest BCUT2D eigenvalue weighted by molar-refractivity contribution is 5.80. The van der Waals surface area contributed by atoms with E-state index >= 15 is 0 Å². The molecular formula is C30H30N2O2. The molecule has 4 nitrogen and oxygen atoms in total. The van der Waals surface area contributed by atoms with Crippen molar-refractivity contribution < 1.29 is 9.84 Å². The predicted octanol–water partition coefficient (Wildman–Crippen LogP) is 6.29. The Morgan fingerprint density at radius 2 is 1.85 bits per heavy atom. The lowest BCUT2D eigenvalue weighted by molar-refractivity contribution is -0.0110. The first kappa shape index (κ1) is 23.5. The summed E-state index contributed by atoms with van der Waals surface area (Å²) in [5, 5.41) is 19.8. The van der Waals surface area contributed by atoms with Gasteiger partial charge in [0.15, 0.2) is 0 Å². The molecule has 0 aromatic heterocycles. The minimum atomic E-state index is -0.172. The Balaban J connectivity index is 1.60. The first-order valence-corrected chi connectivity index (χ1v) is 11.5. The van der Waals surface area contributed by atoms with Crippen molar-refractivity contribution in [2.75, 3.05) is 19.8 Å². The molecule has 1 aliphatic heterocycles. The van der Waals surface area contributed by atoms with Crippen molar-refractivity contribution >= 4 is 12.2 Å². The topological polar surface area (TPSA) is 56.5 Å². The van der Waals surface area contributed by atoms with E-state index in [1.807, 2.05) is 54.6 Å². The molecule has 34 heavy (non-hydrogen) atoms. The van der Waals surface area contributed by atoms with Crippen molar-refractivity contribution in [3.05, 3.63) is 106 Å². The summed E-state index contributed by atoms with van der Waals surface area (Å²) < 4.78 is 5.52. The highest BCUT2D eigenvalue weighted by Crippen LogP contribution is 2.28.